The van der Waals surface area contributed by atoms with Gasteiger partial charge in [-0.15, -0.1) is 0 Å². The van der Waals surface area contributed by atoms with E-state index in [1.807, 2.05) is 30.0 Å². The fourth-order valence-corrected chi connectivity index (χ4v) is 3.58. The van der Waals surface area contributed by atoms with Crippen molar-refractivity contribution in [2.45, 2.75) is 32.3 Å². The summed E-state index contributed by atoms with van der Waals surface area (Å²) in [5, 5.41) is 2.80. The van der Waals surface area contributed by atoms with Crippen LogP contribution >= 0.6 is 0 Å². The van der Waals surface area contributed by atoms with E-state index in [0.717, 1.165) is 30.5 Å². The number of nitrogens with one attached hydrogen (secondary N) is 1. The molecule has 3 N–H and O–H groups in total. The molecule has 3 rings (SSSR count). The summed E-state index contributed by atoms with van der Waals surface area (Å²) in [6.45, 7) is 5.89. The molecule has 2 aliphatic rings. The van der Waals surface area contributed by atoms with Crippen LogP contribution in [0.1, 0.15) is 35.2 Å². The number of amides is 3. The summed E-state index contributed by atoms with van der Waals surface area (Å²) in [6.07, 6.45) is 2.79. The largest absolute Gasteiger partial charge is 0.378 e. The fourth-order valence-electron chi connectivity index (χ4n) is 3.58. The van der Waals surface area contributed by atoms with Gasteiger partial charge >= 0.3 is 6.03 Å². The van der Waals surface area contributed by atoms with Crippen LogP contribution in [0.5, 0.6) is 0 Å². The van der Waals surface area contributed by atoms with Gasteiger partial charge in [0.2, 0.25) is 0 Å². The zero-order valence-corrected chi connectivity index (χ0v) is 15.4. The van der Waals surface area contributed by atoms with Gasteiger partial charge < -0.3 is 20.7 Å². The lowest BCUT2D eigenvalue weighted by atomic mass is 10.0. The number of urea groups is 1. The van der Waals surface area contributed by atoms with Crippen LogP contribution < -0.4 is 16.0 Å². The lowest BCUT2D eigenvalue weighted by Crippen LogP contribution is -2.41. The Hall–Kier alpha value is -2.12. The molecule has 2 heterocycles. The number of nitrogens with zero attached hydrogens (tertiary/aromatic N) is 2. The molecule has 1 aromatic carbocycles. The zero-order valence-electron chi connectivity index (χ0n) is 15.4. The highest BCUT2D eigenvalue weighted by Crippen LogP contribution is 2.26. The van der Waals surface area contributed by atoms with Gasteiger partial charge in [-0.2, -0.15) is 0 Å². The lowest BCUT2D eigenvalue weighted by molar-refractivity contribution is 0.00843. The minimum atomic E-state index is -0.104. The number of carbonyl (C=O) groups is 2. The number of hydrogen-bond donors (Lipinski definition) is 2. The predicted molar refractivity (Wildman–Crippen MR) is 100 cm³/mol. The minimum Gasteiger partial charge on any atom is -0.378 e. The summed E-state index contributed by atoms with van der Waals surface area (Å²) in [5.41, 5.74) is 7.83. The summed E-state index contributed by atoms with van der Waals surface area (Å²) in [5.74, 6) is 0.0318. The van der Waals surface area contributed by atoms with Gasteiger partial charge in [0.1, 0.15) is 0 Å². The van der Waals surface area contributed by atoms with Crippen LogP contribution in [0.3, 0.4) is 0 Å². The van der Waals surface area contributed by atoms with Crippen molar-refractivity contribution in [3.8, 4) is 0 Å². The first-order valence-corrected chi connectivity index (χ1v) is 9.37. The third kappa shape index (κ3) is 3.99. The SMILES string of the molecule is Cc1c(C(=O)N2CCC(OCCCN)CC2)cccc1N1CCNC1=O. The van der Waals surface area contributed by atoms with Crippen LogP contribution in [0.25, 0.3) is 0 Å². The van der Waals surface area contributed by atoms with Crippen molar-refractivity contribution in [1.29, 1.82) is 0 Å². The molecule has 0 saturated carbocycles. The van der Waals surface area contributed by atoms with Crippen LogP contribution in [0.4, 0.5) is 10.5 Å². The number of rotatable bonds is 6. The molecule has 142 valence electrons. The van der Waals surface area contributed by atoms with Crippen molar-refractivity contribution in [1.82, 2.24) is 10.2 Å². The average Bonchev–Trinajstić information content (AvgIpc) is 3.08. The first-order valence-electron chi connectivity index (χ1n) is 9.37. The summed E-state index contributed by atoms with van der Waals surface area (Å²) >= 11 is 0. The molecular formula is C19H28N4O3. The van der Waals surface area contributed by atoms with Crippen molar-refractivity contribution < 1.29 is 14.3 Å². The molecule has 2 saturated heterocycles. The van der Waals surface area contributed by atoms with Crippen molar-refractivity contribution in [2.24, 2.45) is 5.73 Å². The first-order chi connectivity index (χ1) is 12.6. The van der Waals surface area contributed by atoms with E-state index in [0.29, 0.717) is 44.9 Å². The molecule has 1 aromatic rings. The summed E-state index contributed by atoms with van der Waals surface area (Å²) in [4.78, 5) is 28.5. The molecule has 2 fully saturated rings. The van der Waals surface area contributed by atoms with E-state index in [1.165, 1.54) is 0 Å². The summed E-state index contributed by atoms with van der Waals surface area (Å²) in [7, 11) is 0. The van der Waals surface area contributed by atoms with Gasteiger partial charge in [0, 0.05) is 44.0 Å². The molecule has 0 atom stereocenters. The maximum absolute atomic E-state index is 13.0. The number of piperidine rings is 1. The molecule has 2 aliphatic heterocycles. The summed E-state index contributed by atoms with van der Waals surface area (Å²) in [6, 6.07) is 5.49. The number of benzene rings is 1. The number of likely N-dealkylation sites (tertiary alicyclic amines) is 1. The van der Waals surface area contributed by atoms with Crippen molar-refractivity contribution in [3.63, 3.8) is 0 Å². The van der Waals surface area contributed by atoms with E-state index in [2.05, 4.69) is 5.32 Å². The van der Waals surface area contributed by atoms with E-state index < -0.39 is 0 Å². The van der Waals surface area contributed by atoms with Crippen LogP contribution in [0.15, 0.2) is 18.2 Å². The molecule has 0 radical (unpaired) electrons. The van der Waals surface area contributed by atoms with E-state index in [-0.39, 0.29) is 18.0 Å². The van der Waals surface area contributed by atoms with Gasteiger partial charge in [-0.25, -0.2) is 4.79 Å². The molecule has 0 bridgehead atoms. The maximum Gasteiger partial charge on any atom is 0.322 e. The highest BCUT2D eigenvalue weighted by atomic mass is 16.5. The minimum absolute atomic E-state index is 0.0318. The Labute approximate surface area is 154 Å². The average molecular weight is 360 g/mol. The van der Waals surface area contributed by atoms with E-state index in [4.69, 9.17) is 10.5 Å². The number of carbonyl (C=O) groups excluding carboxylic acids is 2. The molecule has 7 nitrogen and oxygen atoms in total. The molecule has 26 heavy (non-hydrogen) atoms. The standard InChI is InChI=1S/C19H28N4O3/c1-14-16(4-2-5-17(14)23-12-9-21-19(23)25)18(24)22-10-6-15(7-11-22)26-13-3-8-20/h2,4-5,15H,3,6-13,20H2,1H3,(H,21,25). The first kappa shape index (κ1) is 18.7. The highest BCUT2D eigenvalue weighted by molar-refractivity contribution is 6.00. The number of ether oxygens (including phenoxy) is 1. The quantitative estimate of drug-likeness (QED) is 0.753. The fraction of sp³-hybridized carbons (Fsp3) is 0.579. The Kier molecular flexibility index (Phi) is 6.11. The summed E-state index contributed by atoms with van der Waals surface area (Å²) < 4.78 is 5.81. The molecule has 0 spiro atoms. The second-order valence-corrected chi connectivity index (χ2v) is 6.84. The smallest absolute Gasteiger partial charge is 0.322 e. The zero-order chi connectivity index (χ0) is 18.5. The Morgan fingerprint density at radius 1 is 1.31 bits per heavy atom. The van der Waals surface area contributed by atoms with Gasteiger partial charge in [0.25, 0.3) is 5.91 Å². The highest BCUT2D eigenvalue weighted by Gasteiger charge is 2.28. The maximum atomic E-state index is 13.0. The van der Waals surface area contributed by atoms with Crippen molar-refractivity contribution in [3.05, 3.63) is 29.3 Å². The van der Waals surface area contributed by atoms with E-state index >= 15 is 0 Å². The topological polar surface area (TPSA) is 87.9 Å². The van der Waals surface area contributed by atoms with Crippen LogP contribution in [0, 0.1) is 6.92 Å². The van der Waals surface area contributed by atoms with Crippen LogP contribution in [0.2, 0.25) is 0 Å². The van der Waals surface area contributed by atoms with Gasteiger partial charge in [-0.05, 0) is 50.4 Å². The molecule has 0 aliphatic carbocycles. The van der Waals surface area contributed by atoms with E-state index in [1.54, 1.807) is 4.90 Å². The Morgan fingerprint density at radius 3 is 2.73 bits per heavy atom. The Morgan fingerprint density at radius 2 is 2.08 bits per heavy atom. The predicted octanol–water partition coefficient (Wildman–Crippen LogP) is 1.49. The second kappa shape index (κ2) is 8.51. The lowest BCUT2D eigenvalue weighted by Gasteiger charge is -2.32. The normalized spacial score (nSPS) is 18.3. The third-order valence-electron chi connectivity index (χ3n) is 5.11. The van der Waals surface area contributed by atoms with Gasteiger partial charge in [-0.1, -0.05) is 6.07 Å². The number of hydrogen-bond acceptors (Lipinski definition) is 4. The Bertz CT molecular complexity index is 656. The number of anilines is 1. The number of nitrogens with two attached hydrogens (primary N) is 1. The molecule has 7 heteroatoms. The molecule has 0 aromatic heterocycles. The molecule has 3 amide bonds. The Balaban J connectivity index is 1.64. The molecule has 0 unspecified atom stereocenters. The van der Waals surface area contributed by atoms with Crippen LogP contribution in [-0.4, -0.2) is 62.3 Å². The van der Waals surface area contributed by atoms with Gasteiger partial charge in [0.15, 0.2) is 0 Å². The van der Waals surface area contributed by atoms with Crippen molar-refractivity contribution in [2.75, 3.05) is 44.2 Å². The van der Waals surface area contributed by atoms with Gasteiger partial charge in [-0.3, -0.25) is 9.69 Å². The van der Waals surface area contributed by atoms with Crippen LogP contribution in [-0.2, 0) is 4.74 Å². The molecular weight excluding hydrogens is 332 g/mol. The van der Waals surface area contributed by atoms with Crippen molar-refractivity contribution >= 4 is 17.6 Å². The van der Waals surface area contributed by atoms with E-state index in [9.17, 15) is 9.59 Å². The monoisotopic (exact) mass is 360 g/mol. The second-order valence-electron chi connectivity index (χ2n) is 6.84. The van der Waals surface area contributed by atoms with Gasteiger partial charge in [0.05, 0.1) is 6.10 Å². The third-order valence-corrected chi connectivity index (χ3v) is 5.11.